The van der Waals surface area contributed by atoms with E-state index in [2.05, 4.69) is 17.6 Å². The maximum atomic E-state index is 3.81. The van der Waals surface area contributed by atoms with Crippen LogP contribution in [0.15, 0.2) is 0 Å². The van der Waals surface area contributed by atoms with Gasteiger partial charge in [0.1, 0.15) is 0 Å². The van der Waals surface area contributed by atoms with Gasteiger partial charge in [0, 0.05) is 24.7 Å². The molecule has 2 fully saturated rings. The van der Waals surface area contributed by atoms with Gasteiger partial charge in [0.25, 0.3) is 0 Å². The monoisotopic (exact) mass is 182 g/mol. The minimum absolute atomic E-state index is 0.453. The van der Waals surface area contributed by atoms with Gasteiger partial charge in [-0.25, -0.2) is 0 Å². The molecule has 2 rings (SSSR count). The normalized spacial score (nSPS) is 34.4. The van der Waals surface area contributed by atoms with Gasteiger partial charge in [0.15, 0.2) is 0 Å². The molecule has 1 spiro atoms. The van der Waals surface area contributed by atoms with Crippen molar-refractivity contribution in [3.05, 3.63) is 0 Å². The summed E-state index contributed by atoms with van der Waals surface area (Å²) in [5.74, 6) is 0. The molecule has 1 unspecified atom stereocenters. The quantitative estimate of drug-likeness (QED) is 0.595. The molecule has 0 aromatic carbocycles. The van der Waals surface area contributed by atoms with Crippen LogP contribution in [0.25, 0.3) is 0 Å². The minimum Gasteiger partial charge on any atom is -0.313 e. The lowest BCUT2D eigenvalue weighted by molar-refractivity contribution is 0.206. The van der Waals surface area contributed by atoms with Crippen LogP contribution in [-0.4, -0.2) is 24.7 Å². The maximum Gasteiger partial charge on any atom is 0.0309 e. The molecule has 13 heavy (non-hydrogen) atoms. The molecule has 2 heteroatoms. The van der Waals surface area contributed by atoms with Crippen LogP contribution in [0.2, 0.25) is 0 Å². The van der Waals surface area contributed by atoms with E-state index in [0.717, 1.165) is 6.54 Å². The average Bonchev–Trinajstić information content (AvgIpc) is 2.31. The Morgan fingerprint density at radius 1 is 1.08 bits per heavy atom. The Balaban J connectivity index is 1.99. The smallest absolute Gasteiger partial charge is 0.0309 e. The third-order valence-corrected chi connectivity index (χ3v) is 3.53. The summed E-state index contributed by atoms with van der Waals surface area (Å²) in [7, 11) is 0. The number of hydrogen-bond donors (Lipinski definition) is 2. The third kappa shape index (κ3) is 2.23. The highest BCUT2D eigenvalue weighted by Crippen LogP contribution is 2.28. The summed E-state index contributed by atoms with van der Waals surface area (Å²) in [4.78, 5) is 0. The fourth-order valence-electron chi connectivity index (χ4n) is 2.88. The molecule has 1 aliphatic carbocycles. The molecule has 2 aliphatic rings. The van der Waals surface area contributed by atoms with E-state index >= 15 is 0 Å². The van der Waals surface area contributed by atoms with E-state index in [1.54, 1.807) is 0 Å². The fourth-order valence-corrected chi connectivity index (χ4v) is 2.88. The van der Waals surface area contributed by atoms with Crippen LogP contribution in [0.5, 0.6) is 0 Å². The summed E-state index contributed by atoms with van der Waals surface area (Å²) in [6, 6.07) is 0.659. The second-order valence-corrected chi connectivity index (χ2v) is 4.87. The van der Waals surface area contributed by atoms with Crippen LogP contribution in [0.4, 0.5) is 0 Å². The Bertz CT molecular complexity index is 159. The van der Waals surface area contributed by atoms with Crippen molar-refractivity contribution in [2.45, 2.75) is 57.0 Å². The standard InChI is InChI=1S/C11H22N2/c1-10-8-12-9-11(13-10)6-4-2-3-5-7-11/h10,12-13H,2-9H2,1H3. The first-order valence-electron chi connectivity index (χ1n) is 5.79. The summed E-state index contributed by atoms with van der Waals surface area (Å²) in [6.07, 6.45) is 8.48. The first-order chi connectivity index (χ1) is 6.31. The topological polar surface area (TPSA) is 24.1 Å². The van der Waals surface area contributed by atoms with Crippen molar-refractivity contribution in [2.75, 3.05) is 13.1 Å². The number of piperazine rings is 1. The van der Waals surface area contributed by atoms with Crippen LogP contribution in [0.3, 0.4) is 0 Å². The maximum absolute atomic E-state index is 3.81. The van der Waals surface area contributed by atoms with Gasteiger partial charge in [-0.05, 0) is 19.8 Å². The van der Waals surface area contributed by atoms with Crippen molar-refractivity contribution in [2.24, 2.45) is 0 Å². The molecule has 1 atom stereocenters. The van der Waals surface area contributed by atoms with E-state index in [9.17, 15) is 0 Å². The van der Waals surface area contributed by atoms with Crippen LogP contribution in [0, 0.1) is 0 Å². The molecule has 1 saturated carbocycles. The van der Waals surface area contributed by atoms with Crippen LogP contribution in [0.1, 0.15) is 45.4 Å². The molecule has 1 aliphatic heterocycles. The van der Waals surface area contributed by atoms with Crippen LogP contribution >= 0.6 is 0 Å². The number of rotatable bonds is 0. The van der Waals surface area contributed by atoms with E-state index in [4.69, 9.17) is 0 Å². The van der Waals surface area contributed by atoms with E-state index < -0.39 is 0 Å². The van der Waals surface area contributed by atoms with Crippen LogP contribution < -0.4 is 10.6 Å². The lowest BCUT2D eigenvalue weighted by Gasteiger charge is -2.41. The average molecular weight is 182 g/mol. The van der Waals surface area contributed by atoms with Gasteiger partial charge in [-0.15, -0.1) is 0 Å². The Labute approximate surface area is 81.5 Å². The predicted octanol–water partition coefficient (Wildman–Crippen LogP) is 1.66. The SMILES string of the molecule is CC1CNCC2(CCCCCC2)N1. The molecule has 0 aromatic heterocycles. The van der Waals surface area contributed by atoms with Gasteiger partial charge in [0.2, 0.25) is 0 Å². The Morgan fingerprint density at radius 3 is 2.38 bits per heavy atom. The number of hydrogen-bond acceptors (Lipinski definition) is 2. The lowest BCUT2D eigenvalue weighted by atomic mass is 9.87. The first-order valence-corrected chi connectivity index (χ1v) is 5.79. The zero-order valence-electron chi connectivity index (χ0n) is 8.73. The molecule has 76 valence electrons. The molecular formula is C11H22N2. The summed E-state index contributed by atoms with van der Waals surface area (Å²) in [5, 5.41) is 7.37. The van der Waals surface area contributed by atoms with E-state index in [0.29, 0.717) is 11.6 Å². The third-order valence-electron chi connectivity index (χ3n) is 3.53. The van der Waals surface area contributed by atoms with Gasteiger partial charge < -0.3 is 10.6 Å². The molecule has 2 nitrogen and oxygen atoms in total. The van der Waals surface area contributed by atoms with Crippen molar-refractivity contribution in [3.8, 4) is 0 Å². The molecule has 0 radical (unpaired) electrons. The highest BCUT2D eigenvalue weighted by molar-refractivity contribution is 4.96. The van der Waals surface area contributed by atoms with Gasteiger partial charge >= 0.3 is 0 Å². The lowest BCUT2D eigenvalue weighted by Crippen LogP contribution is -2.62. The van der Waals surface area contributed by atoms with Crippen LogP contribution in [-0.2, 0) is 0 Å². The summed E-state index contributed by atoms with van der Waals surface area (Å²) in [5.41, 5.74) is 0.453. The second-order valence-electron chi connectivity index (χ2n) is 4.87. The summed E-state index contributed by atoms with van der Waals surface area (Å²) in [6.45, 7) is 4.62. The molecular weight excluding hydrogens is 160 g/mol. The highest BCUT2D eigenvalue weighted by atomic mass is 15.1. The summed E-state index contributed by atoms with van der Waals surface area (Å²) < 4.78 is 0. The van der Waals surface area contributed by atoms with Crippen molar-refractivity contribution < 1.29 is 0 Å². The number of nitrogens with one attached hydrogen (secondary N) is 2. The predicted molar refractivity (Wildman–Crippen MR) is 55.9 cm³/mol. The van der Waals surface area contributed by atoms with Crippen molar-refractivity contribution in [1.82, 2.24) is 10.6 Å². The molecule has 1 heterocycles. The van der Waals surface area contributed by atoms with Crippen molar-refractivity contribution >= 4 is 0 Å². The Morgan fingerprint density at radius 2 is 1.77 bits per heavy atom. The molecule has 1 saturated heterocycles. The second kappa shape index (κ2) is 3.97. The fraction of sp³-hybridized carbons (Fsp3) is 1.00. The van der Waals surface area contributed by atoms with Crippen molar-refractivity contribution in [3.63, 3.8) is 0 Å². The molecule has 2 N–H and O–H groups in total. The van der Waals surface area contributed by atoms with E-state index in [-0.39, 0.29) is 0 Å². The molecule has 0 aromatic rings. The zero-order valence-corrected chi connectivity index (χ0v) is 8.73. The van der Waals surface area contributed by atoms with Gasteiger partial charge in [-0.1, -0.05) is 25.7 Å². The zero-order chi connectivity index (χ0) is 9.15. The minimum atomic E-state index is 0.453. The van der Waals surface area contributed by atoms with Crippen molar-refractivity contribution in [1.29, 1.82) is 0 Å². The Kier molecular flexibility index (Phi) is 2.89. The summed E-state index contributed by atoms with van der Waals surface area (Å²) >= 11 is 0. The van der Waals surface area contributed by atoms with Gasteiger partial charge in [-0.2, -0.15) is 0 Å². The van der Waals surface area contributed by atoms with Gasteiger partial charge in [0.05, 0.1) is 0 Å². The largest absolute Gasteiger partial charge is 0.313 e. The van der Waals surface area contributed by atoms with E-state index in [1.807, 2.05) is 0 Å². The highest BCUT2D eigenvalue weighted by Gasteiger charge is 2.33. The Hall–Kier alpha value is -0.0800. The van der Waals surface area contributed by atoms with Gasteiger partial charge in [-0.3, -0.25) is 0 Å². The molecule has 0 amide bonds. The van der Waals surface area contributed by atoms with E-state index in [1.165, 1.54) is 45.1 Å². The first kappa shape index (κ1) is 9.47. The molecule has 0 bridgehead atoms.